The number of carboxylic acid groups (broad SMARTS) is 1. The van der Waals surface area contributed by atoms with Crippen molar-refractivity contribution in [3.05, 3.63) is 69.8 Å². The molecule has 4 aliphatic heterocycles. The predicted molar refractivity (Wildman–Crippen MR) is 86.8 cm³/mol. The summed E-state index contributed by atoms with van der Waals surface area (Å²) in [5, 5.41) is 9.38. The van der Waals surface area contributed by atoms with Crippen LogP contribution in [-0.2, 0) is 19.7 Å². The summed E-state index contributed by atoms with van der Waals surface area (Å²) in [7, 11) is 0. The van der Waals surface area contributed by atoms with Crippen molar-refractivity contribution < 1.29 is 51.7 Å². The molecule has 1 atom stereocenters. The van der Waals surface area contributed by atoms with E-state index in [2.05, 4.69) is 9.47 Å². The summed E-state index contributed by atoms with van der Waals surface area (Å²) in [5.74, 6) is -8.37. The number of halogens is 3. The van der Waals surface area contributed by atoms with E-state index >= 15 is 0 Å². The molecule has 0 aliphatic carbocycles. The van der Waals surface area contributed by atoms with Gasteiger partial charge in [0.25, 0.3) is 0 Å². The van der Waals surface area contributed by atoms with Crippen LogP contribution in [0.3, 0.4) is 0 Å². The van der Waals surface area contributed by atoms with Gasteiger partial charge in [-0.05, 0) is 35.4 Å². The second-order valence-corrected chi connectivity index (χ2v) is 6.43. The standard InChI is InChI=1S/C19H7F3O8/c20-19(21,22)18-7-1-3-9(11(5-7)13(23)24)14(25)29-16(27)12-6-8(18)2-4-10(12)15(26)30-17(18)28/h1-6H,(H,23,24). The zero-order valence-electron chi connectivity index (χ0n) is 14.4. The summed E-state index contributed by atoms with van der Waals surface area (Å²) >= 11 is 0. The maximum atomic E-state index is 14.4. The second-order valence-electron chi connectivity index (χ2n) is 6.43. The van der Waals surface area contributed by atoms with Crippen molar-refractivity contribution in [3.8, 4) is 0 Å². The molecular weight excluding hydrogens is 413 g/mol. The van der Waals surface area contributed by atoms with Crippen LogP contribution in [0.5, 0.6) is 0 Å². The van der Waals surface area contributed by atoms with Crippen LogP contribution in [0.25, 0.3) is 0 Å². The fraction of sp³-hybridized carbons (Fsp3) is 0.105. The van der Waals surface area contributed by atoms with E-state index in [-0.39, 0.29) is 0 Å². The lowest BCUT2D eigenvalue weighted by Crippen LogP contribution is -2.52. The lowest BCUT2D eigenvalue weighted by atomic mass is 9.71. The third kappa shape index (κ3) is 2.38. The number of carbonyl (C=O) groups is 5. The summed E-state index contributed by atoms with van der Waals surface area (Å²) in [4.78, 5) is 61.2. The topological polar surface area (TPSA) is 124 Å². The SMILES string of the molecule is O=C(O)c1cc2ccc1C(=O)OC(=O)c1cc3ccc1C(=O)OC(=O)C23C(F)(F)F. The van der Waals surface area contributed by atoms with Crippen LogP contribution >= 0.6 is 0 Å². The second kappa shape index (κ2) is 5.99. The molecule has 4 aliphatic rings. The van der Waals surface area contributed by atoms with Gasteiger partial charge >= 0.3 is 36.0 Å². The van der Waals surface area contributed by atoms with Gasteiger partial charge in [0.2, 0.25) is 5.41 Å². The Morgan fingerprint density at radius 3 is 1.93 bits per heavy atom. The van der Waals surface area contributed by atoms with Crippen LogP contribution in [0.15, 0.2) is 36.4 Å². The van der Waals surface area contributed by atoms with Gasteiger partial charge in [-0.25, -0.2) is 24.0 Å². The molecule has 2 aromatic rings. The van der Waals surface area contributed by atoms with E-state index in [4.69, 9.17) is 0 Å². The van der Waals surface area contributed by atoms with E-state index < -0.39 is 74.8 Å². The molecular formula is C19H7F3O8. The van der Waals surface area contributed by atoms with E-state index in [0.29, 0.717) is 24.3 Å². The molecule has 152 valence electrons. The Labute approximate surface area is 163 Å². The summed E-state index contributed by atoms with van der Waals surface area (Å²) < 4.78 is 52.3. The monoisotopic (exact) mass is 420 g/mol. The Hall–Kier alpha value is -4.02. The van der Waals surface area contributed by atoms with Gasteiger partial charge in [0, 0.05) is 0 Å². The number of alkyl halides is 3. The number of hydrogen-bond acceptors (Lipinski definition) is 7. The maximum absolute atomic E-state index is 14.4. The summed E-state index contributed by atoms with van der Waals surface area (Å²) in [6.07, 6.45) is -5.43. The highest BCUT2D eigenvalue weighted by Gasteiger charge is 2.65. The Balaban J connectivity index is 2.24. The molecule has 30 heavy (non-hydrogen) atoms. The highest BCUT2D eigenvalue weighted by atomic mass is 19.4. The molecule has 0 radical (unpaired) electrons. The normalized spacial score (nSPS) is 20.4. The third-order valence-corrected chi connectivity index (χ3v) is 4.90. The summed E-state index contributed by atoms with van der Waals surface area (Å²) in [6, 6.07) is 4.07. The average Bonchev–Trinajstić information content (AvgIpc) is 2.66. The maximum Gasteiger partial charge on any atom is 0.412 e. The van der Waals surface area contributed by atoms with E-state index in [1.165, 1.54) is 0 Å². The Morgan fingerprint density at radius 1 is 0.800 bits per heavy atom. The minimum absolute atomic E-state index is 0.461. The van der Waals surface area contributed by atoms with Crippen molar-refractivity contribution in [1.29, 1.82) is 0 Å². The minimum atomic E-state index is -5.43. The first-order valence-corrected chi connectivity index (χ1v) is 8.10. The summed E-state index contributed by atoms with van der Waals surface area (Å²) in [5.41, 5.74) is -8.38. The molecule has 0 aromatic heterocycles. The number of aromatic carboxylic acids is 1. The van der Waals surface area contributed by atoms with Gasteiger partial charge in [-0.15, -0.1) is 0 Å². The van der Waals surface area contributed by atoms with Crippen LogP contribution in [0.4, 0.5) is 13.2 Å². The van der Waals surface area contributed by atoms with Crippen LogP contribution < -0.4 is 0 Å². The Bertz CT molecular complexity index is 1200. The molecule has 6 rings (SSSR count). The van der Waals surface area contributed by atoms with E-state index in [1.807, 2.05) is 0 Å². The molecule has 1 unspecified atom stereocenters. The Morgan fingerprint density at radius 2 is 1.33 bits per heavy atom. The molecule has 0 fully saturated rings. The molecule has 4 heterocycles. The first-order chi connectivity index (χ1) is 14.0. The van der Waals surface area contributed by atoms with Gasteiger partial charge < -0.3 is 14.6 Å². The minimum Gasteiger partial charge on any atom is -0.478 e. The number of carbonyl (C=O) groups excluding carboxylic acids is 4. The zero-order chi connectivity index (χ0) is 22.0. The van der Waals surface area contributed by atoms with Crippen LogP contribution in [0.1, 0.15) is 52.6 Å². The molecule has 0 saturated heterocycles. The number of rotatable bonds is 1. The van der Waals surface area contributed by atoms with Crippen molar-refractivity contribution in [2.75, 3.05) is 0 Å². The summed E-state index contributed by atoms with van der Waals surface area (Å²) in [6.45, 7) is 0. The number of benzene rings is 2. The largest absolute Gasteiger partial charge is 0.478 e. The fourth-order valence-corrected chi connectivity index (χ4v) is 3.51. The lowest BCUT2D eigenvalue weighted by molar-refractivity contribution is -0.196. The quantitative estimate of drug-likeness (QED) is 0.550. The highest BCUT2D eigenvalue weighted by molar-refractivity contribution is 6.14. The van der Waals surface area contributed by atoms with Gasteiger partial charge in [-0.2, -0.15) is 13.2 Å². The van der Waals surface area contributed by atoms with Gasteiger partial charge in [0.05, 0.1) is 22.3 Å². The van der Waals surface area contributed by atoms with E-state index in [9.17, 15) is 42.3 Å². The highest BCUT2D eigenvalue weighted by Crippen LogP contribution is 2.49. The van der Waals surface area contributed by atoms with Crippen LogP contribution in [0, 0.1) is 0 Å². The van der Waals surface area contributed by atoms with Crippen molar-refractivity contribution in [3.63, 3.8) is 0 Å². The van der Waals surface area contributed by atoms with Crippen molar-refractivity contribution in [2.45, 2.75) is 11.6 Å². The molecule has 6 bridgehead atoms. The van der Waals surface area contributed by atoms with E-state index in [0.717, 1.165) is 12.1 Å². The van der Waals surface area contributed by atoms with Gasteiger partial charge in [0.15, 0.2) is 0 Å². The van der Waals surface area contributed by atoms with Crippen molar-refractivity contribution in [1.82, 2.24) is 0 Å². The first kappa shape index (κ1) is 19.3. The molecule has 11 heteroatoms. The molecule has 0 spiro atoms. The van der Waals surface area contributed by atoms with Crippen LogP contribution in [-0.4, -0.2) is 41.1 Å². The van der Waals surface area contributed by atoms with Crippen molar-refractivity contribution >= 4 is 29.8 Å². The molecule has 1 N–H and O–H groups in total. The number of hydrogen-bond donors (Lipinski definition) is 1. The Kier molecular flexibility index (Phi) is 3.85. The number of carboxylic acids is 1. The first-order valence-electron chi connectivity index (χ1n) is 8.10. The number of ether oxygens (including phenoxy) is 2. The van der Waals surface area contributed by atoms with Crippen LogP contribution in [0.2, 0.25) is 0 Å². The molecule has 2 aromatic carbocycles. The zero-order valence-corrected chi connectivity index (χ0v) is 14.4. The number of fused-ring (bicyclic) bond motifs is 7. The molecule has 0 saturated carbocycles. The van der Waals surface area contributed by atoms with Crippen molar-refractivity contribution in [2.24, 2.45) is 0 Å². The molecule has 8 nitrogen and oxygen atoms in total. The molecule has 0 amide bonds. The average molecular weight is 420 g/mol. The smallest absolute Gasteiger partial charge is 0.412 e. The van der Waals surface area contributed by atoms with Gasteiger partial charge in [-0.1, -0.05) is 12.1 Å². The predicted octanol–water partition coefficient (Wildman–Crippen LogP) is 2.24. The number of esters is 4. The fourth-order valence-electron chi connectivity index (χ4n) is 3.51. The van der Waals surface area contributed by atoms with E-state index in [1.54, 1.807) is 0 Å². The van der Waals surface area contributed by atoms with Gasteiger partial charge in [-0.3, -0.25) is 0 Å². The third-order valence-electron chi connectivity index (χ3n) is 4.90. The lowest BCUT2D eigenvalue weighted by Gasteiger charge is -2.35. The van der Waals surface area contributed by atoms with Gasteiger partial charge in [0.1, 0.15) is 0 Å².